The summed E-state index contributed by atoms with van der Waals surface area (Å²) in [7, 11) is 0. The lowest BCUT2D eigenvalue weighted by molar-refractivity contribution is -0.136. The fourth-order valence-corrected chi connectivity index (χ4v) is 2.80. The number of nitrogens with one attached hydrogen (secondary N) is 1. The van der Waals surface area contributed by atoms with Gasteiger partial charge in [-0.25, -0.2) is 0 Å². The topological polar surface area (TPSA) is 49.3 Å². The highest BCUT2D eigenvalue weighted by Crippen LogP contribution is 2.38. The SMILES string of the molecule is CC(C)(C)c1ccc2c(c1)SC(C(=O)O)CN2. The zero-order chi connectivity index (χ0) is 12.6. The molecule has 0 bridgehead atoms. The molecule has 1 unspecified atom stereocenters. The summed E-state index contributed by atoms with van der Waals surface area (Å²) >= 11 is 1.43. The van der Waals surface area contributed by atoms with Crippen molar-refractivity contribution in [1.29, 1.82) is 0 Å². The summed E-state index contributed by atoms with van der Waals surface area (Å²) in [5.41, 5.74) is 2.36. The summed E-state index contributed by atoms with van der Waals surface area (Å²) in [4.78, 5) is 12.0. The largest absolute Gasteiger partial charge is 0.480 e. The van der Waals surface area contributed by atoms with Crippen molar-refractivity contribution in [2.24, 2.45) is 0 Å². The third-order valence-electron chi connectivity index (χ3n) is 2.87. The Morgan fingerprint density at radius 3 is 2.76 bits per heavy atom. The Hall–Kier alpha value is -1.16. The fourth-order valence-electron chi connectivity index (χ4n) is 1.77. The second-order valence-electron chi connectivity index (χ2n) is 5.29. The van der Waals surface area contributed by atoms with Crippen LogP contribution in [-0.2, 0) is 10.2 Å². The number of hydrogen-bond acceptors (Lipinski definition) is 3. The zero-order valence-electron chi connectivity index (χ0n) is 10.3. The quantitative estimate of drug-likeness (QED) is 0.805. The van der Waals surface area contributed by atoms with Gasteiger partial charge in [0.1, 0.15) is 5.25 Å². The molecule has 1 aromatic rings. The van der Waals surface area contributed by atoms with Crippen LogP contribution in [0.1, 0.15) is 26.3 Å². The molecule has 4 heteroatoms. The molecule has 0 saturated heterocycles. The van der Waals surface area contributed by atoms with Gasteiger partial charge in [-0.15, -0.1) is 11.8 Å². The molecule has 1 atom stereocenters. The van der Waals surface area contributed by atoms with E-state index in [0.29, 0.717) is 6.54 Å². The highest BCUT2D eigenvalue weighted by Gasteiger charge is 2.26. The molecule has 0 radical (unpaired) electrons. The van der Waals surface area contributed by atoms with Gasteiger partial charge in [0, 0.05) is 17.1 Å². The lowest BCUT2D eigenvalue weighted by Gasteiger charge is -2.26. The summed E-state index contributed by atoms with van der Waals surface area (Å²) < 4.78 is 0. The molecule has 1 aliphatic heterocycles. The van der Waals surface area contributed by atoms with Crippen LogP contribution in [0.15, 0.2) is 23.1 Å². The van der Waals surface area contributed by atoms with E-state index in [1.54, 1.807) is 0 Å². The highest BCUT2D eigenvalue weighted by atomic mass is 32.2. The number of rotatable bonds is 1. The predicted molar refractivity (Wildman–Crippen MR) is 70.9 cm³/mol. The molecule has 0 aliphatic carbocycles. The first kappa shape index (κ1) is 12.3. The number of hydrogen-bond donors (Lipinski definition) is 2. The van der Waals surface area contributed by atoms with Crippen LogP contribution in [0.5, 0.6) is 0 Å². The summed E-state index contributed by atoms with van der Waals surface area (Å²) in [6.45, 7) is 6.96. The smallest absolute Gasteiger partial charge is 0.318 e. The van der Waals surface area contributed by atoms with Crippen molar-refractivity contribution in [1.82, 2.24) is 0 Å². The van der Waals surface area contributed by atoms with Crippen molar-refractivity contribution < 1.29 is 9.90 Å². The van der Waals surface area contributed by atoms with Gasteiger partial charge in [0.2, 0.25) is 0 Å². The number of fused-ring (bicyclic) bond motifs is 1. The van der Waals surface area contributed by atoms with E-state index in [1.807, 2.05) is 6.07 Å². The van der Waals surface area contributed by atoms with Crippen molar-refractivity contribution in [3.8, 4) is 0 Å². The molecule has 2 rings (SSSR count). The predicted octanol–water partition coefficient (Wildman–Crippen LogP) is 2.95. The zero-order valence-corrected chi connectivity index (χ0v) is 11.1. The van der Waals surface area contributed by atoms with Crippen LogP contribution in [0.4, 0.5) is 5.69 Å². The first-order valence-corrected chi connectivity index (χ1v) is 6.54. The Bertz CT molecular complexity index is 451. The Morgan fingerprint density at radius 2 is 2.18 bits per heavy atom. The molecule has 2 N–H and O–H groups in total. The molecular weight excluding hydrogens is 234 g/mol. The second kappa shape index (κ2) is 4.26. The van der Waals surface area contributed by atoms with Gasteiger partial charge < -0.3 is 10.4 Å². The highest BCUT2D eigenvalue weighted by molar-refractivity contribution is 8.00. The minimum absolute atomic E-state index is 0.0890. The van der Waals surface area contributed by atoms with Gasteiger partial charge in [0.25, 0.3) is 0 Å². The maximum absolute atomic E-state index is 11.0. The first-order chi connectivity index (χ1) is 7.88. The lowest BCUT2D eigenvalue weighted by atomic mass is 9.87. The van der Waals surface area contributed by atoms with Gasteiger partial charge in [-0.1, -0.05) is 26.8 Å². The third-order valence-corrected chi connectivity index (χ3v) is 4.11. The molecule has 3 nitrogen and oxygen atoms in total. The second-order valence-corrected chi connectivity index (χ2v) is 6.53. The van der Waals surface area contributed by atoms with Gasteiger partial charge in [-0.3, -0.25) is 4.79 Å². The first-order valence-electron chi connectivity index (χ1n) is 5.66. The molecular formula is C13H17NO2S. The average Bonchev–Trinajstić information content (AvgIpc) is 2.26. The molecule has 0 fully saturated rings. The van der Waals surface area contributed by atoms with E-state index in [2.05, 4.69) is 38.2 Å². The van der Waals surface area contributed by atoms with E-state index >= 15 is 0 Å². The van der Waals surface area contributed by atoms with Gasteiger partial charge in [0.15, 0.2) is 0 Å². The maximum atomic E-state index is 11.0. The third kappa shape index (κ3) is 2.57. The van der Waals surface area contributed by atoms with E-state index in [4.69, 9.17) is 5.11 Å². The van der Waals surface area contributed by atoms with Crippen molar-refractivity contribution >= 4 is 23.4 Å². The maximum Gasteiger partial charge on any atom is 0.318 e. The Balaban J connectivity index is 2.32. The van der Waals surface area contributed by atoms with E-state index in [1.165, 1.54) is 17.3 Å². The molecule has 0 saturated carbocycles. The van der Waals surface area contributed by atoms with Crippen molar-refractivity contribution in [3.05, 3.63) is 23.8 Å². The number of benzene rings is 1. The lowest BCUT2D eigenvalue weighted by Crippen LogP contribution is -2.29. The van der Waals surface area contributed by atoms with Crippen LogP contribution in [0.25, 0.3) is 0 Å². The number of carbonyl (C=O) groups is 1. The monoisotopic (exact) mass is 251 g/mol. The normalized spacial score (nSPS) is 19.4. The van der Waals surface area contributed by atoms with E-state index in [0.717, 1.165) is 10.6 Å². The van der Waals surface area contributed by atoms with Gasteiger partial charge in [-0.2, -0.15) is 0 Å². The summed E-state index contributed by atoms with van der Waals surface area (Å²) in [6, 6.07) is 6.25. The van der Waals surface area contributed by atoms with Crippen LogP contribution in [-0.4, -0.2) is 22.9 Å². The Morgan fingerprint density at radius 1 is 1.47 bits per heavy atom. The molecule has 0 spiro atoms. The van der Waals surface area contributed by atoms with Crippen LogP contribution < -0.4 is 5.32 Å². The van der Waals surface area contributed by atoms with Gasteiger partial charge in [-0.05, 0) is 23.1 Å². The van der Waals surface area contributed by atoms with Crippen LogP contribution in [0.2, 0.25) is 0 Å². The van der Waals surface area contributed by atoms with Crippen LogP contribution in [0, 0.1) is 0 Å². The molecule has 92 valence electrons. The van der Waals surface area contributed by atoms with Crippen molar-refractivity contribution in [3.63, 3.8) is 0 Å². The number of thioether (sulfide) groups is 1. The average molecular weight is 251 g/mol. The summed E-state index contributed by atoms with van der Waals surface area (Å²) in [5.74, 6) is -0.755. The minimum Gasteiger partial charge on any atom is -0.480 e. The summed E-state index contributed by atoms with van der Waals surface area (Å²) in [6.07, 6.45) is 0. The van der Waals surface area contributed by atoms with Crippen LogP contribution >= 0.6 is 11.8 Å². The van der Waals surface area contributed by atoms with Crippen molar-refractivity contribution in [2.75, 3.05) is 11.9 Å². The minimum atomic E-state index is -0.755. The van der Waals surface area contributed by atoms with Crippen molar-refractivity contribution in [2.45, 2.75) is 36.3 Å². The van der Waals surface area contributed by atoms with Gasteiger partial charge >= 0.3 is 5.97 Å². The standard InChI is InChI=1S/C13H17NO2S/c1-13(2,3)8-4-5-9-10(6-8)17-11(7-14-9)12(15)16/h4-6,11,14H,7H2,1-3H3,(H,15,16). The molecule has 0 amide bonds. The van der Waals surface area contributed by atoms with Gasteiger partial charge in [0.05, 0.1) is 0 Å². The Kier molecular flexibility index (Phi) is 3.08. The van der Waals surface area contributed by atoms with E-state index in [-0.39, 0.29) is 5.41 Å². The molecule has 1 aromatic carbocycles. The van der Waals surface area contributed by atoms with E-state index in [9.17, 15) is 4.79 Å². The fraction of sp³-hybridized carbons (Fsp3) is 0.462. The summed E-state index contributed by atoms with van der Waals surface area (Å²) in [5, 5.41) is 11.8. The number of carboxylic acid groups (broad SMARTS) is 1. The van der Waals surface area contributed by atoms with Crippen LogP contribution in [0.3, 0.4) is 0 Å². The Labute approximate surface area is 106 Å². The molecule has 1 heterocycles. The number of aliphatic carboxylic acids is 1. The molecule has 17 heavy (non-hydrogen) atoms. The number of anilines is 1. The molecule has 0 aromatic heterocycles. The number of carboxylic acids is 1. The van der Waals surface area contributed by atoms with E-state index < -0.39 is 11.2 Å². The molecule has 1 aliphatic rings.